The summed E-state index contributed by atoms with van der Waals surface area (Å²) in [6.07, 6.45) is 0.135. The standard InChI is InChI=1S/C14H16N2O6/c1-20-8-22-9-3-4-10-11(5-6-16(18)19)13(14(17)21-2)15-12(10)7-9/h3-4,7,15H,5-6,8H2,1-2H3. The molecule has 0 aliphatic rings. The Morgan fingerprint density at radius 3 is 2.77 bits per heavy atom. The summed E-state index contributed by atoms with van der Waals surface area (Å²) in [5, 5.41) is 11.3. The van der Waals surface area contributed by atoms with Gasteiger partial charge in [-0.15, -0.1) is 0 Å². The van der Waals surface area contributed by atoms with Crippen molar-refractivity contribution in [1.82, 2.24) is 4.98 Å². The number of aromatic nitrogens is 1. The molecular weight excluding hydrogens is 292 g/mol. The number of rotatable bonds is 7. The Kier molecular flexibility index (Phi) is 4.95. The number of hydrogen-bond donors (Lipinski definition) is 1. The molecule has 0 saturated heterocycles. The van der Waals surface area contributed by atoms with Crippen molar-refractivity contribution < 1.29 is 23.9 Å². The normalized spacial score (nSPS) is 10.6. The summed E-state index contributed by atoms with van der Waals surface area (Å²) in [7, 11) is 2.77. The van der Waals surface area contributed by atoms with Gasteiger partial charge in [0.2, 0.25) is 6.54 Å². The van der Waals surface area contributed by atoms with Crippen LogP contribution in [0.1, 0.15) is 16.1 Å². The summed E-state index contributed by atoms with van der Waals surface area (Å²) in [5.41, 5.74) is 1.44. The maximum Gasteiger partial charge on any atom is 0.354 e. The van der Waals surface area contributed by atoms with Crippen LogP contribution in [0.15, 0.2) is 18.2 Å². The van der Waals surface area contributed by atoms with E-state index in [0.717, 1.165) is 5.39 Å². The zero-order valence-electron chi connectivity index (χ0n) is 12.3. The molecule has 8 nitrogen and oxygen atoms in total. The fraction of sp³-hybridized carbons (Fsp3) is 0.357. The Balaban J connectivity index is 2.43. The number of nitrogens with one attached hydrogen (secondary N) is 1. The number of aromatic amines is 1. The number of hydrogen-bond acceptors (Lipinski definition) is 6. The van der Waals surface area contributed by atoms with Crippen LogP contribution in [-0.4, -0.2) is 43.4 Å². The number of benzene rings is 1. The number of esters is 1. The summed E-state index contributed by atoms with van der Waals surface area (Å²) >= 11 is 0. The quantitative estimate of drug-likeness (QED) is 0.362. The predicted molar refractivity (Wildman–Crippen MR) is 77.7 cm³/mol. The van der Waals surface area contributed by atoms with Crippen LogP contribution in [0.25, 0.3) is 10.9 Å². The van der Waals surface area contributed by atoms with Crippen molar-refractivity contribution in [3.8, 4) is 5.75 Å². The molecule has 0 fully saturated rings. The first kappa shape index (κ1) is 15.8. The van der Waals surface area contributed by atoms with E-state index in [1.165, 1.54) is 14.2 Å². The number of nitro groups is 1. The Labute approximate surface area is 126 Å². The lowest BCUT2D eigenvalue weighted by molar-refractivity contribution is -0.479. The summed E-state index contributed by atoms with van der Waals surface area (Å²) < 4.78 is 14.9. The minimum atomic E-state index is -0.561. The lowest BCUT2D eigenvalue weighted by Gasteiger charge is -2.04. The van der Waals surface area contributed by atoms with Gasteiger partial charge in [0.05, 0.1) is 12.6 Å². The Morgan fingerprint density at radius 1 is 1.36 bits per heavy atom. The molecule has 0 aliphatic carbocycles. The summed E-state index contributed by atoms with van der Waals surface area (Å²) in [5.74, 6) is 0.00162. The second-order valence-corrected chi connectivity index (χ2v) is 4.53. The van der Waals surface area contributed by atoms with E-state index < -0.39 is 10.9 Å². The van der Waals surface area contributed by atoms with E-state index in [-0.39, 0.29) is 25.5 Å². The molecule has 0 amide bonds. The van der Waals surface area contributed by atoms with Gasteiger partial charge >= 0.3 is 5.97 Å². The van der Waals surface area contributed by atoms with Gasteiger partial charge in [-0.2, -0.15) is 0 Å². The molecule has 0 aliphatic heterocycles. The van der Waals surface area contributed by atoms with E-state index in [0.29, 0.717) is 16.8 Å². The molecule has 1 aromatic heterocycles. The van der Waals surface area contributed by atoms with Crippen LogP contribution in [0.2, 0.25) is 0 Å². The van der Waals surface area contributed by atoms with Crippen LogP contribution in [-0.2, 0) is 15.9 Å². The van der Waals surface area contributed by atoms with Gasteiger partial charge in [0.25, 0.3) is 0 Å². The number of carbonyl (C=O) groups excluding carboxylic acids is 1. The number of nitrogens with zero attached hydrogens (tertiary/aromatic N) is 1. The monoisotopic (exact) mass is 308 g/mol. The van der Waals surface area contributed by atoms with Crippen LogP contribution in [0.4, 0.5) is 0 Å². The van der Waals surface area contributed by atoms with Crippen molar-refractivity contribution >= 4 is 16.9 Å². The van der Waals surface area contributed by atoms with Crippen LogP contribution < -0.4 is 4.74 Å². The van der Waals surface area contributed by atoms with E-state index >= 15 is 0 Å². The average Bonchev–Trinajstić information content (AvgIpc) is 2.87. The third-order valence-corrected chi connectivity index (χ3v) is 3.15. The smallest absolute Gasteiger partial charge is 0.354 e. The van der Waals surface area contributed by atoms with Crippen LogP contribution in [0.3, 0.4) is 0 Å². The topological polar surface area (TPSA) is 104 Å². The first-order valence-electron chi connectivity index (χ1n) is 6.53. The molecule has 0 unspecified atom stereocenters. The average molecular weight is 308 g/mol. The van der Waals surface area contributed by atoms with Crippen molar-refractivity contribution in [3.05, 3.63) is 39.6 Å². The van der Waals surface area contributed by atoms with Crippen molar-refractivity contribution in [3.63, 3.8) is 0 Å². The molecule has 0 radical (unpaired) electrons. The van der Waals surface area contributed by atoms with Gasteiger partial charge in [0.1, 0.15) is 11.4 Å². The zero-order valence-corrected chi connectivity index (χ0v) is 12.3. The molecule has 2 aromatic rings. The van der Waals surface area contributed by atoms with E-state index in [1.54, 1.807) is 18.2 Å². The molecule has 2 rings (SSSR count). The first-order chi connectivity index (χ1) is 10.6. The van der Waals surface area contributed by atoms with Crippen LogP contribution >= 0.6 is 0 Å². The van der Waals surface area contributed by atoms with E-state index in [4.69, 9.17) is 14.2 Å². The van der Waals surface area contributed by atoms with E-state index in [2.05, 4.69) is 4.98 Å². The maximum atomic E-state index is 11.8. The molecule has 0 atom stereocenters. The second kappa shape index (κ2) is 6.90. The Bertz CT molecular complexity index is 694. The highest BCUT2D eigenvalue weighted by Gasteiger charge is 2.20. The van der Waals surface area contributed by atoms with Gasteiger partial charge in [-0.25, -0.2) is 4.79 Å². The first-order valence-corrected chi connectivity index (χ1v) is 6.53. The number of H-pyrrole nitrogens is 1. The van der Waals surface area contributed by atoms with Gasteiger partial charge in [-0.1, -0.05) is 0 Å². The van der Waals surface area contributed by atoms with E-state index in [1.807, 2.05) is 0 Å². The van der Waals surface area contributed by atoms with Crippen LogP contribution in [0.5, 0.6) is 5.75 Å². The number of ether oxygens (including phenoxy) is 3. The number of carbonyl (C=O) groups is 1. The van der Waals surface area contributed by atoms with Crippen molar-refractivity contribution in [2.45, 2.75) is 6.42 Å². The third kappa shape index (κ3) is 3.34. The van der Waals surface area contributed by atoms with Gasteiger partial charge in [-0.05, 0) is 17.7 Å². The molecule has 1 heterocycles. The second-order valence-electron chi connectivity index (χ2n) is 4.53. The molecule has 1 aromatic carbocycles. The predicted octanol–water partition coefficient (Wildman–Crippen LogP) is 1.76. The molecule has 0 bridgehead atoms. The Morgan fingerprint density at radius 2 is 2.14 bits per heavy atom. The van der Waals surface area contributed by atoms with Crippen molar-refractivity contribution in [2.75, 3.05) is 27.6 Å². The molecule has 0 spiro atoms. The minimum Gasteiger partial charge on any atom is -0.467 e. The molecule has 118 valence electrons. The van der Waals surface area contributed by atoms with E-state index in [9.17, 15) is 14.9 Å². The number of methoxy groups -OCH3 is 2. The van der Waals surface area contributed by atoms with Gasteiger partial charge in [0.15, 0.2) is 6.79 Å². The third-order valence-electron chi connectivity index (χ3n) is 3.15. The molecule has 0 saturated carbocycles. The highest BCUT2D eigenvalue weighted by atomic mass is 16.7. The molecular formula is C14H16N2O6. The zero-order chi connectivity index (χ0) is 16.1. The van der Waals surface area contributed by atoms with Crippen molar-refractivity contribution in [1.29, 1.82) is 0 Å². The largest absolute Gasteiger partial charge is 0.467 e. The summed E-state index contributed by atoms with van der Waals surface area (Å²) in [4.78, 5) is 24.9. The lowest BCUT2D eigenvalue weighted by atomic mass is 10.1. The van der Waals surface area contributed by atoms with Gasteiger partial charge in [-0.3, -0.25) is 10.1 Å². The fourth-order valence-electron chi connectivity index (χ4n) is 2.19. The fourth-order valence-corrected chi connectivity index (χ4v) is 2.19. The maximum absolute atomic E-state index is 11.8. The van der Waals surface area contributed by atoms with Crippen molar-refractivity contribution in [2.24, 2.45) is 0 Å². The Hall–Kier alpha value is -2.61. The SMILES string of the molecule is COCOc1ccc2c(CC[N+](=O)[O-])c(C(=O)OC)[nH]c2c1. The summed E-state index contributed by atoms with van der Waals surface area (Å²) in [6.45, 7) is -0.164. The molecule has 22 heavy (non-hydrogen) atoms. The van der Waals surface area contributed by atoms with Gasteiger partial charge < -0.3 is 19.2 Å². The molecule has 1 N–H and O–H groups in total. The van der Waals surface area contributed by atoms with Crippen LogP contribution in [0, 0.1) is 10.1 Å². The highest BCUT2D eigenvalue weighted by Crippen LogP contribution is 2.27. The molecule has 8 heteroatoms. The minimum absolute atomic E-state index is 0.101. The number of fused-ring (bicyclic) bond motifs is 1. The van der Waals surface area contributed by atoms with Gasteiger partial charge in [0, 0.05) is 29.9 Å². The highest BCUT2D eigenvalue weighted by molar-refractivity contribution is 5.98. The summed E-state index contributed by atoms with van der Waals surface area (Å²) in [6, 6.07) is 5.17. The lowest BCUT2D eigenvalue weighted by Crippen LogP contribution is -2.09.